The Hall–Kier alpha value is -1.54. The molecule has 1 unspecified atom stereocenters. The maximum absolute atomic E-state index is 12.4. The van der Waals surface area contributed by atoms with E-state index >= 15 is 0 Å². The van der Waals surface area contributed by atoms with Crippen LogP contribution in [0.15, 0.2) is 23.3 Å². The Bertz CT molecular complexity index is 547. The first-order valence-electron chi connectivity index (χ1n) is 7.72. The summed E-state index contributed by atoms with van der Waals surface area (Å²) in [6, 6.07) is 3.60. The third-order valence-corrected chi connectivity index (χ3v) is 3.96. The summed E-state index contributed by atoms with van der Waals surface area (Å²) in [7, 11) is 1.64. The minimum atomic E-state index is -4.15. The second-order valence-corrected chi connectivity index (χ2v) is 6.11. The van der Waals surface area contributed by atoms with Crippen LogP contribution in [0.5, 0.6) is 0 Å². The predicted octanol–water partition coefficient (Wildman–Crippen LogP) is 2.08. The second kappa shape index (κ2) is 8.53. The highest BCUT2D eigenvalue weighted by molar-refractivity contribution is 6.29. The molecule has 1 aromatic rings. The average Bonchev–Trinajstić information content (AvgIpc) is 2.93. The Morgan fingerprint density at radius 1 is 1.46 bits per heavy atom. The van der Waals surface area contributed by atoms with Gasteiger partial charge in [0.1, 0.15) is 5.15 Å². The van der Waals surface area contributed by atoms with Crippen molar-refractivity contribution in [1.29, 1.82) is 0 Å². The van der Waals surface area contributed by atoms with Crippen LogP contribution < -0.4 is 10.6 Å². The van der Waals surface area contributed by atoms with Crippen LogP contribution in [0.1, 0.15) is 12.0 Å². The number of aliphatic imine (C=N–C) groups is 1. The molecule has 0 saturated carbocycles. The van der Waals surface area contributed by atoms with Crippen molar-refractivity contribution in [3.05, 3.63) is 29.0 Å². The third kappa shape index (κ3) is 6.52. The molecule has 5 nitrogen and oxygen atoms in total. The lowest BCUT2D eigenvalue weighted by atomic mass is 10.2. The van der Waals surface area contributed by atoms with Crippen molar-refractivity contribution in [3.8, 4) is 0 Å². The van der Waals surface area contributed by atoms with Crippen molar-refractivity contribution in [2.45, 2.75) is 25.1 Å². The zero-order valence-corrected chi connectivity index (χ0v) is 14.2. The molecular weight excluding hydrogens is 343 g/mol. The van der Waals surface area contributed by atoms with E-state index in [4.69, 9.17) is 11.6 Å². The van der Waals surface area contributed by atoms with Crippen molar-refractivity contribution in [3.63, 3.8) is 0 Å². The summed E-state index contributed by atoms with van der Waals surface area (Å²) < 4.78 is 37.2. The molecule has 2 heterocycles. The standard InChI is InChI=1S/C15H21ClF3N5/c1-20-14(21-6-4-11-2-3-13(16)22-8-11)23-12-5-7-24(9-12)10-15(17,18)19/h2-3,8,12H,4-7,9-10H2,1H3,(H2,20,21,23). The molecule has 0 spiro atoms. The largest absolute Gasteiger partial charge is 0.401 e. The lowest BCUT2D eigenvalue weighted by Gasteiger charge is -2.19. The van der Waals surface area contributed by atoms with E-state index < -0.39 is 12.7 Å². The van der Waals surface area contributed by atoms with Gasteiger partial charge in [0, 0.05) is 38.9 Å². The highest BCUT2D eigenvalue weighted by Gasteiger charge is 2.34. The van der Waals surface area contributed by atoms with Crippen molar-refractivity contribution >= 4 is 17.6 Å². The number of aromatic nitrogens is 1. The Kier molecular flexibility index (Phi) is 6.68. The molecule has 0 aromatic carbocycles. The number of halogens is 4. The fourth-order valence-corrected chi connectivity index (χ4v) is 2.73. The van der Waals surface area contributed by atoms with Gasteiger partial charge in [-0.05, 0) is 24.5 Å². The number of alkyl halides is 3. The number of nitrogens with zero attached hydrogens (tertiary/aromatic N) is 3. The normalized spacial score (nSPS) is 19.5. The Balaban J connectivity index is 1.72. The molecule has 2 rings (SSSR count). The molecule has 1 saturated heterocycles. The number of likely N-dealkylation sites (tertiary alicyclic amines) is 1. The van der Waals surface area contributed by atoms with Crippen LogP contribution in [-0.4, -0.2) is 61.3 Å². The van der Waals surface area contributed by atoms with Gasteiger partial charge in [0.05, 0.1) is 6.54 Å². The minimum absolute atomic E-state index is 0.0317. The van der Waals surface area contributed by atoms with Gasteiger partial charge in [-0.15, -0.1) is 0 Å². The second-order valence-electron chi connectivity index (χ2n) is 5.72. The van der Waals surface area contributed by atoms with E-state index in [2.05, 4.69) is 20.6 Å². The van der Waals surface area contributed by atoms with Gasteiger partial charge < -0.3 is 10.6 Å². The molecule has 2 N–H and O–H groups in total. The van der Waals surface area contributed by atoms with E-state index in [1.165, 1.54) is 4.90 Å². The molecule has 1 atom stereocenters. The third-order valence-electron chi connectivity index (χ3n) is 3.73. The van der Waals surface area contributed by atoms with E-state index in [0.717, 1.165) is 12.0 Å². The van der Waals surface area contributed by atoms with E-state index in [1.54, 1.807) is 19.3 Å². The molecule has 1 aliphatic heterocycles. The van der Waals surface area contributed by atoms with E-state index in [0.29, 0.717) is 37.2 Å². The molecular formula is C15H21ClF3N5. The fourth-order valence-electron chi connectivity index (χ4n) is 2.62. The van der Waals surface area contributed by atoms with E-state index in [9.17, 15) is 13.2 Å². The summed E-state index contributed by atoms with van der Waals surface area (Å²) in [4.78, 5) is 9.53. The van der Waals surface area contributed by atoms with E-state index in [1.807, 2.05) is 6.07 Å². The van der Waals surface area contributed by atoms with Crippen molar-refractivity contribution in [1.82, 2.24) is 20.5 Å². The van der Waals surface area contributed by atoms with Gasteiger partial charge in [-0.3, -0.25) is 9.89 Å². The summed E-state index contributed by atoms with van der Waals surface area (Å²) in [5.41, 5.74) is 1.04. The highest BCUT2D eigenvalue weighted by Crippen LogP contribution is 2.19. The van der Waals surface area contributed by atoms with Gasteiger partial charge in [-0.2, -0.15) is 13.2 Å². The smallest absolute Gasteiger partial charge is 0.356 e. The zero-order chi connectivity index (χ0) is 17.6. The molecule has 1 aromatic heterocycles. The fraction of sp³-hybridized carbons (Fsp3) is 0.600. The Labute approximate surface area is 144 Å². The van der Waals surface area contributed by atoms with Crippen molar-refractivity contribution in [2.24, 2.45) is 4.99 Å². The first-order valence-corrected chi connectivity index (χ1v) is 8.10. The first kappa shape index (κ1) is 18.8. The summed E-state index contributed by atoms with van der Waals surface area (Å²) in [6.45, 7) is 0.578. The van der Waals surface area contributed by atoms with Crippen molar-refractivity contribution in [2.75, 3.05) is 33.2 Å². The SMILES string of the molecule is CN=C(NCCc1ccc(Cl)nc1)NC1CCN(CC(F)(F)F)C1. The summed E-state index contributed by atoms with van der Waals surface area (Å²) in [5, 5.41) is 6.78. The molecule has 0 radical (unpaired) electrons. The number of rotatable bonds is 5. The van der Waals surface area contributed by atoms with Crippen LogP contribution >= 0.6 is 11.6 Å². The topological polar surface area (TPSA) is 52.6 Å². The van der Waals surface area contributed by atoms with Crippen molar-refractivity contribution < 1.29 is 13.2 Å². The van der Waals surface area contributed by atoms with Gasteiger partial charge >= 0.3 is 6.18 Å². The summed E-state index contributed by atoms with van der Waals surface area (Å²) in [5.74, 6) is 0.593. The van der Waals surface area contributed by atoms with Gasteiger partial charge in [0.2, 0.25) is 0 Å². The lowest BCUT2D eigenvalue weighted by molar-refractivity contribution is -0.143. The maximum Gasteiger partial charge on any atom is 0.401 e. The number of guanidine groups is 1. The number of hydrogen-bond acceptors (Lipinski definition) is 3. The minimum Gasteiger partial charge on any atom is -0.356 e. The maximum atomic E-state index is 12.4. The molecule has 1 fully saturated rings. The monoisotopic (exact) mass is 363 g/mol. The zero-order valence-electron chi connectivity index (χ0n) is 13.4. The molecule has 9 heteroatoms. The predicted molar refractivity (Wildman–Crippen MR) is 88.3 cm³/mol. The number of nitrogens with one attached hydrogen (secondary N) is 2. The lowest BCUT2D eigenvalue weighted by Crippen LogP contribution is -2.45. The molecule has 0 amide bonds. The van der Waals surface area contributed by atoms with Crippen LogP contribution in [0.4, 0.5) is 13.2 Å². The Morgan fingerprint density at radius 2 is 2.25 bits per heavy atom. The molecule has 0 aliphatic carbocycles. The molecule has 1 aliphatic rings. The molecule has 134 valence electrons. The average molecular weight is 364 g/mol. The molecule has 24 heavy (non-hydrogen) atoms. The van der Waals surface area contributed by atoms with Crippen LogP contribution in [0, 0.1) is 0 Å². The van der Waals surface area contributed by atoms with Crippen LogP contribution in [-0.2, 0) is 6.42 Å². The van der Waals surface area contributed by atoms with Gasteiger partial charge in [0.15, 0.2) is 5.96 Å². The summed E-state index contributed by atoms with van der Waals surface area (Å²) >= 11 is 5.74. The highest BCUT2D eigenvalue weighted by atomic mass is 35.5. The first-order chi connectivity index (χ1) is 11.4. The Morgan fingerprint density at radius 3 is 2.88 bits per heavy atom. The van der Waals surface area contributed by atoms with Crippen LogP contribution in [0.25, 0.3) is 0 Å². The quantitative estimate of drug-likeness (QED) is 0.478. The van der Waals surface area contributed by atoms with Gasteiger partial charge in [0.25, 0.3) is 0 Å². The van der Waals surface area contributed by atoms with Crippen LogP contribution in [0.3, 0.4) is 0 Å². The molecule has 0 bridgehead atoms. The number of pyridine rings is 1. The number of hydrogen-bond donors (Lipinski definition) is 2. The summed E-state index contributed by atoms with van der Waals surface area (Å²) in [6.07, 6.45) is -1.03. The van der Waals surface area contributed by atoms with Crippen LogP contribution in [0.2, 0.25) is 5.15 Å². The van der Waals surface area contributed by atoms with E-state index in [-0.39, 0.29) is 6.04 Å². The van der Waals surface area contributed by atoms with Gasteiger partial charge in [-0.1, -0.05) is 17.7 Å². The van der Waals surface area contributed by atoms with Gasteiger partial charge in [-0.25, -0.2) is 4.98 Å².